The number of halogens is 1. The van der Waals surface area contributed by atoms with Gasteiger partial charge in [-0.3, -0.25) is 14.5 Å². The van der Waals surface area contributed by atoms with Crippen LogP contribution in [-0.2, 0) is 11.3 Å². The summed E-state index contributed by atoms with van der Waals surface area (Å²) >= 11 is 6.96. The predicted octanol–water partition coefficient (Wildman–Crippen LogP) is 4.59. The molecule has 0 aromatic heterocycles. The second-order valence-corrected chi connectivity index (χ2v) is 6.82. The van der Waals surface area contributed by atoms with Crippen molar-refractivity contribution in [2.75, 3.05) is 0 Å². The van der Waals surface area contributed by atoms with Gasteiger partial charge in [0.25, 0.3) is 11.1 Å². The Balaban J connectivity index is 1.88. The van der Waals surface area contributed by atoms with Crippen LogP contribution >= 0.6 is 23.4 Å². The van der Waals surface area contributed by atoms with Crippen molar-refractivity contribution in [1.82, 2.24) is 4.90 Å². The summed E-state index contributed by atoms with van der Waals surface area (Å²) in [4.78, 5) is 26.1. The summed E-state index contributed by atoms with van der Waals surface area (Å²) in [6.45, 7) is 2.02. The normalized spacial score (nSPS) is 16.2. The highest BCUT2D eigenvalue weighted by molar-refractivity contribution is 8.18. The van der Waals surface area contributed by atoms with Gasteiger partial charge in [0.05, 0.1) is 11.4 Å². The van der Waals surface area contributed by atoms with Crippen molar-refractivity contribution in [3.8, 4) is 5.75 Å². The number of amides is 2. The summed E-state index contributed by atoms with van der Waals surface area (Å²) in [6, 6.07) is 12.2. The molecule has 0 atom stereocenters. The number of nitrogens with zero attached hydrogens (tertiary/aromatic N) is 1. The zero-order chi connectivity index (χ0) is 17.3. The van der Waals surface area contributed by atoms with Gasteiger partial charge in [0.15, 0.2) is 0 Å². The number of hydrogen-bond acceptors (Lipinski definition) is 4. The molecule has 1 N–H and O–H groups in total. The monoisotopic (exact) mass is 359 g/mol. The summed E-state index contributed by atoms with van der Waals surface area (Å²) in [5, 5.41) is 10.1. The van der Waals surface area contributed by atoms with Crippen molar-refractivity contribution >= 4 is 40.6 Å². The fourth-order valence-electron chi connectivity index (χ4n) is 2.36. The number of benzene rings is 2. The van der Waals surface area contributed by atoms with E-state index in [1.807, 2.05) is 6.92 Å². The number of thioether (sulfide) groups is 1. The fourth-order valence-corrected chi connectivity index (χ4v) is 3.39. The van der Waals surface area contributed by atoms with Gasteiger partial charge in [0, 0.05) is 10.6 Å². The van der Waals surface area contributed by atoms with Crippen LogP contribution in [0.1, 0.15) is 16.7 Å². The molecule has 2 amide bonds. The Labute approximate surface area is 148 Å². The van der Waals surface area contributed by atoms with Crippen LogP contribution in [0.5, 0.6) is 5.75 Å². The molecule has 0 aliphatic carbocycles. The highest BCUT2D eigenvalue weighted by Crippen LogP contribution is 2.35. The number of phenols is 1. The standard InChI is InChI=1S/C18H14ClNO3S/c1-11-6-7-15(21)13(8-11)9-16-17(22)20(18(23)24-16)10-12-4-2-3-5-14(12)19/h2-9,21H,10H2,1H3/b16-9-. The molecule has 1 aliphatic rings. The topological polar surface area (TPSA) is 57.6 Å². The zero-order valence-electron chi connectivity index (χ0n) is 12.8. The highest BCUT2D eigenvalue weighted by atomic mass is 35.5. The molecule has 3 rings (SSSR count). The first-order valence-electron chi connectivity index (χ1n) is 7.24. The molecular weight excluding hydrogens is 346 g/mol. The van der Waals surface area contributed by atoms with Gasteiger partial charge in [-0.15, -0.1) is 0 Å². The van der Waals surface area contributed by atoms with Crippen LogP contribution in [0.4, 0.5) is 4.79 Å². The van der Waals surface area contributed by atoms with E-state index in [2.05, 4.69) is 0 Å². The molecule has 2 aromatic carbocycles. The van der Waals surface area contributed by atoms with Crippen molar-refractivity contribution in [3.63, 3.8) is 0 Å². The lowest BCUT2D eigenvalue weighted by Gasteiger charge is -2.13. The Hall–Kier alpha value is -2.24. The van der Waals surface area contributed by atoms with Crippen LogP contribution in [0.3, 0.4) is 0 Å². The number of aryl methyl sites for hydroxylation is 1. The van der Waals surface area contributed by atoms with Gasteiger partial charge in [0.2, 0.25) is 0 Å². The van der Waals surface area contributed by atoms with Crippen LogP contribution in [0.25, 0.3) is 6.08 Å². The number of carbonyl (C=O) groups is 2. The number of imide groups is 1. The van der Waals surface area contributed by atoms with Crippen molar-refractivity contribution in [2.24, 2.45) is 0 Å². The quantitative estimate of drug-likeness (QED) is 0.814. The van der Waals surface area contributed by atoms with E-state index >= 15 is 0 Å². The second kappa shape index (κ2) is 6.71. The van der Waals surface area contributed by atoms with E-state index in [4.69, 9.17) is 11.6 Å². The maximum atomic E-state index is 12.5. The predicted molar refractivity (Wildman–Crippen MR) is 95.8 cm³/mol. The highest BCUT2D eigenvalue weighted by Gasteiger charge is 2.35. The van der Waals surface area contributed by atoms with Crippen LogP contribution < -0.4 is 0 Å². The minimum Gasteiger partial charge on any atom is -0.507 e. The molecule has 1 aliphatic heterocycles. The molecule has 24 heavy (non-hydrogen) atoms. The minimum atomic E-state index is -0.383. The number of aromatic hydroxyl groups is 1. The number of rotatable bonds is 3. The van der Waals surface area contributed by atoms with Crippen molar-refractivity contribution < 1.29 is 14.7 Å². The maximum Gasteiger partial charge on any atom is 0.293 e. The molecule has 0 bridgehead atoms. The molecule has 0 spiro atoms. The Kier molecular flexibility index (Phi) is 4.64. The van der Waals surface area contributed by atoms with E-state index in [1.165, 1.54) is 0 Å². The molecule has 122 valence electrons. The lowest BCUT2D eigenvalue weighted by molar-refractivity contribution is -0.123. The molecule has 6 heteroatoms. The lowest BCUT2D eigenvalue weighted by atomic mass is 10.1. The van der Waals surface area contributed by atoms with Crippen LogP contribution in [0, 0.1) is 6.92 Å². The Morgan fingerprint density at radius 2 is 1.96 bits per heavy atom. The third-order valence-corrected chi connectivity index (χ3v) is 4.91. The average Bonchev–Trinajstić information content (AvgIpc) is 2.80. The van der Waals surface area contributed by atoms with Crippen molar-refractivity contribution in [1.29, 1.82) is 0 Å². The van der Waals surface area contributed by atoms with Crippen LogP contribution in [0.15, 0.2) is 47.4 Å². The van der Waals surface area contributed by atoms with E-state index in [-0.39, 0.29) is 28.3 Å². The van der Waals surface area contributed by atoms with Gasteiger partial charge < -0.3 is 5.11 Å². The Morgan fingerprint density at radius 3 is 2.71 bits per heavy atom. The van der Waals surface area contributed by atoms with E-state index in [0.29, 0.717) is 16.1 Å². The van der Waals surface area contributed by atoms with Crippen LogP contribution in [-0.4, -0.2) is 21.2 Å². The Bertz CT molecular complexity index is 863. The van der Waals surface area contributed by atoms with Gasteiger partial charge >= 0.3 is 0 Å². The van der Waals surface area contributed by atoms with E-state index in [1.54, 1.807) is 48.5 Å². The minimum absolute atomic E-state index is 0.0681. The first kappa shape index (κ1) is 16.6. The van der Waals surface area contributed by atoms with Crippen LogP contribution in [0.2, 0.25) is 5.02 Å². The first-order chi connectivity index (χ1) is 11.5. The van der Waals surface area contributed by atoms with Gasteiger partial charge in [-0.05, 0) is 48.5 Å². The molecule has 1 saturated heterocycles. The average molecular weight is 360 g/mol. The SMILES string of the molecule is Cc1ccc(O)c(/C=C2\SC(=O)N(Cc3ccccc3Cl)C2=O)c1. The third kappa shape index (κ3) is 3.32. The molecule has 0 saturated carbocycles. The molecular formula is C18H14ClNO3S. The first-order valence-corrected chi connectivity index (χ1v) is 8.43. The Morgan fingerprint density at radius 1 is 1.21 bits per heavy atom. The van der Waals surface area contributed by atoms with Gasteiger partial charge in [0.1, 0.15) is 5.75 Å². The molecule has 1 fully saturated rings. The second-order valence-electron chi connectivity index (χ2n) is 5.42. The van der Waals surface area contributed by atoms with E-state index in [0.717, 1.165) is 22.2 Å². The summed E-state index contributed by atoms with van der Waals surface area (Å²) in [5.41, 5.74) is 2.17. The molecule has 0 radical (unpaired) electrons. The van der Waals surface area contributed by atoms with Gasteiger partial charge in [-0.25, -0.2) is 0 Å². The summed E-state index contributed by atoms with van der Waals surface area (Å²) in [7, 11) is 0. The molecule has 4 nitrogen and oxygen atoms in total. The largest absolute Gasteiger partial charge is 0.507 e. The van der Waals surface area contributed by atoms with Crippen molar-refractivity contribution in [3.05, 3.63) is 69.1 Å². The lowest BCUT2D eigenvalue weighted by Crippen LogP contribution is -2.27. The van der Waals surface area contributed by atoms with E-state index < -0.39 is 0 Å². The molecule has 2 aromatic rings. The number of phenolic OH excluding ortho intramolecular Hbond substituents is 1. The maximum absolute atomic E-state index is 12.5. The van der Waals surface area contributed by atoms with Gasteiger partial charge in [-0.2, -0.15) is 0 Å². The summed E-state index contributed by atoms with van der Waals surface area (Å²) in [5.74, 6) is -0.315. The molecule has 0 unspecified atom stereocenters. The molecule has 1 heterocycles. The number of carbonyl (C=O) groups excluding carboxylic acids is 2. The number of hydrogen-bond donors (Lipinski definition) is 1. The smallest absolute Gasteiger partial charge is 0.293 e. The van der Waals surface area contributed by atoms with Gasteiger partial charge in [-0.1, -0.05) is 41.4 Å². The zero-order valence-corrected chi connectivity index (χ0v) is 14.4. The summed E-state index contributed by atoms with van der Waals surface area (Å²) in [6.07, 6.45) is 1.54. The van der Waals surface area contributed by atoms with E-state index in [9.17, 15) is 14.7 Å². The fraction of sp³-hybridized carbons (Fsp3) is 0.111. The van der Waals surface area contributed by atoms with Crippen molar-refractivity contribution in [2.45, 2.75) is 13.5 Å². The third-order valence-electron chi connectivity index (χ3n) is 3.63. The summed E-state index contributed by atoms with van der Waals surface area (Å²) < 4.78 is 0.